The molecule has 0 aliphatic heterocycles. The second-order valence-electron chi connectivity index (χ2n) is 5.36. The Labute approximate surface area is 116 Å². The van der Waals surface area contributed by atoms with Gasteiger partial charge in [-0.15, -0.1) is 0 Å². The Bertz CT molecular complexity index is 669. The quantitative estimate of drug-likeness (QED) is 0.524. The Morgan fingerprint density at radius 1 is 1.25 bits per heavy atom. The van der Waals surface area contributed by atoms with Crippen LogP contribution in [0.5, 0.6) is 0 Å². The molecular weight excluding hydrogens is 256 g/mol. The van der Waals surface area contributed by atoms with Gasteiger partial charge in [-0.05, 0) is 18.9 Å². The molecule has 2 aromatic rings. The summed E-state index contributed by atoms with van der Waals surface area (Å²) in [6.07, 6.45) is 6.73. The lowest BCUT2D eigenvalue weighted by atomic mass is 9.84. The monoisotopic (exact) mass is 272 g/mol. The maximum atomic E-state index is 12.6. The van der Waals surface area contributed by atoms with Gasteiger partial charge in [0.1, 0.15) is 0 Å². The number of carbonyl (C=O) groups excluding carboxylic acids is 1. The Morgan fingerprint density at radius 2 is 2.00 bits per heavy atom. The molecule has 0 radical (unpaired) electrons. The third-order valence-corrected chi connectivity index (χ3v) is 4.12. The standard InChI is InChI=1S/C15H16N2O3/c18-15(10-5-2-1-3-6-10)11-9-16-12-7-4-8-13(14(11)12)17(19)20/h4,7-10,16H,1-3,5-6H2. The summed E-state index contributed by atoms with van der Waals surface area (Å²) in [4.78, 5) is 26.3. The van der Waals surface area contributed by atoms with E-state index < -0.39 is 4.92 Å². The van der Waals surface area contributed by atoms with Crippen molar-refractivity contribution < 1.29 is 9.72 Å². The van der Waals surface area contributed by atoms with Gasteiger partial charge in [-0.2, -0.15) is 0 Å². The highest BCUT2D eigenvalue weighted by atomic mass is 16.6. The maximum absolute atomic E-state index is 12.6. The van der Waals surface area contributed by atoms with Crippen LogP contribution in [0.25, 0.3) is 10.9 Å². The third kappa shape index (κ3) is 2.09. The molecule has 1 saturated carbocycles. The molecule has 0 bridgehead atoms. The predicted molar refractivity (Wildman–Crippen MR) is 75.9 cm³/mol. The first kappa shape index (κ1) is 12.8. The molecule has 1 aliphatic carbocycles. The molecule has 5 nitrogen and oxygen atoms in total. The highest BCUT2D eigenvalue weighted by molar-refractivity contribution is 6.11. The number of benzene rings is 1. The maximum Gasteiger partial charge on any atom is 0.279 e. The summed E-state index contributed by atoms with van der Waals surface area (Å²) in [5.74, 6) is 0.0628. The van der Waals surface area contributed by atoms with Crippen molar-refractivity contribution in [3.63, 3.8) is 0 Å². The van der Waals surface area contributed by atoms with Crippen LogP contribution in [0.2, 0.25) is 0 Å². The fourth-order valence-electron chi connectivity index (χ4n) is 3.10. The van der Waals surface area contributed by atoms with E-state index in [-0.39, 0.29) is 17.4 Å². The number of aromatic amines is 1. The smallest absolute Gasteiger partial charge is 0.279 e. The number of nitro groups is 1. The zero-order chi connectivity index (χ0) is 14.1. The van der Waals surface area contributed by atoms with Crippen LogP contribution >= 0.6 is 0 Å². The number of nitro benzene ring substituents is 1. The van der Waals surface area contributed by atoms with Crippen LogP contribution in [0.3, 0.4) is 0 Å². The summed E-state index contributed by atoms with van der Waals surface area (Å²) >= 11 is 0. The molecule has 0 atom stereocenters. The number of carbonyl (C=O) groups is 1. The van der Waals surface area contributed by atoms with Crippen LogP contribution in [-0.4, -0.2) is 15.7 Å². The van der Waals surface area contributed by atoms with Crippen molar-refractivity contribution in [2.24, 2.45) is 5.92 Å². The molecule has 1 N–H and O–H groups in total. The number of nitrogens with zero attached hydrogens (tertiary/aromatic N) is 1. The van der Waals surface area contributed by atoms with Gasteiger partial charge in [0, 0.05) is 18.2 Å². The molecule has 1 aliphatic rings. The summed E-state index contributed by atoms with van der Waals surface area (Å²) in [6, 6.07) is 4.85. The van der Waals surface area contributed by atoms with Gasteiger partial charge in [-0.1, -0.05) is 25.3 Å². The van der Waals surface area contributed by atoms with Crippen molar-refractivity contribution in [1.29, 1.82) is 0 Å². The van der Waals surface area contributed by atoms with E-state index in [4.69, 9.17) is 0 Å². The fourth-order valence-corrected chi connectivity index (χ4v) is 3.10. The van der Waals surface area contributed by atoms with Gasteiger partial charge in [0.25, 0.3) is 5.69 Å². The van der Waals surface area contributed by atoms with Crippen LogP contribution in [0.15, 0.2) is 24.4 Å². The van der Waals surface area contributed by atoms with Gasteiger partial charge in [0.05, 0.1) is 21.4 Å². The van der Waals surface area contributed by atoms with Crippen LogP contribution in [0.1, 0.15) is 42.5 Å². The number of hydrogen-bond acceptors (Lipinski definition) is 3. The number of rotatable bonds is 3. The van der Waals surface area contributed by atoms with E-state index in [0.29, 0.717) is 16.5 Å². The lowest BCUT2D eigenvalue weighted by molar-refractivity contribution is -0.383. The largest absolute Gasteiger partial charge is 0.360 e. The average molecular weight is 272 g/mol. The van der Waals surface area contributed by atoms with E-state index in [1.165, 1.54) is 12.5 Å². The Balaban J connectivity index is 2.07. The van der Waals surface area contributed by atoms with Crippen LogP contribution in [-0.2, 0) is 0 Å². The molecular formula is C15H16N2O3. The van der Waals surface area contributed by atoms with Crippen LogP contribution in [0, 0.1) is 16.0 Å². The first-order valence-corrected chi connectivity index (χ1v) is 6.97. The number of ketones is 1. The Hall–Kier alpha value is -2.17. The molecule has 3 rings (SSSR count). The van der Waals surface area contributed by atoms with E-state index >= 15 is 0 Å². The summed E-state index contributed by atoms with van der Waals surface area (Å²) < 4.78 is 0. The number of non-ortho nitro benzene ring substituents is 1. The Kier molecular flexibility index (Phi) is 3.26. The van der Waals surface area contributed by atoms with E-state index in [1.807, 2.05) is 0 Å². The van der Waals surface area contributed by atoms with Gasteiger partial charge >= 0.3 is 0 Å². The average Bonchev–Trinajstić information content (AvgIpc) is 2.91. The molecule has 5 heteroatoms. The first-order chi connectivity index (χ1) is 9.68. The van der Waals surface area contributed by atoms with E-state index in [9.17, 15) is 14.9 Å². The lowest BCUT2D eigenvalue weighted by Gasteiger charge is -2.19. The molecule has 0 unspecified atom stereocenters. The highest BCUT2D eigenvalue weighted by Gasteiger charge is 2.27. The number of aromatic nitrogens is 1. The van der Waals surface area contributed by atoms with Gasteiger partial charge in [0.15, 0.2) is 5.78 Å². The highest BCUT2D eigenvalue weighted by Crippen LogP contribution is 2.33. The second kappa shape index (κ2) is 5.07. The summed E-state index contributed by atoms with van der Waals surface area (Å²) in [7, 11) is 0. The molecule has 1 fully saturated rings. The van der Waals surface area contributed by atoms with Crippen molar-refractivity contribution in [1.82, 2.24) is 4.98 Å². The van der Waals surface area contributed by atoms with Gasteiger partial charge in [-0.3, -0.25) is 14.9 Å². The summed E-state index contributed by atoms with van der Waals surface area (Å²) in [5.41, 5.74) is 1.13. The van der Waals surface area contributed by atoms with E-state index in [1.54, 1.807) is 18.3 Å². The number of hydrogen-bond donors (Lipinski definition) is 1. The molecule has 0 amide bonds. The molecule has 0 spiro atoms. The van der Waals surface area contributed by atoms with Gasteiger partial charge in [-0.25, -0.2) is 0 Å². The van der Waals surface area contributed by atoms with Crippen molar-refractivity contribution in [3.8, 4) is 0 Å². The summed E-state index contributed by atoms with van der Waals surface area (Å²) in [5, 5.41) is 11.6. The van der Waals surface area contributed by atoms with Crippen molar-refractivity contribution in [2.75, 3.05) is 0 Å². The van der Waals surface area contributed by atoms with Crippen molar-refractivity contribution in [3.05, 3.63) is 40.1 Å². The van der Waals surface area contributed by atoms with Gasteiger partial charge in [0.2, 0.25) is 0 Å². The number of fused-ring (bicyclic) bond motifs is 1. The van der Waals surface area contributed by atoms with Crippen LogP contribution in [0.4, 0.5) is 5.69 Å². The minimum Gasteiger partial charge on any atom is -0.360 e. The molecule has 1 heterocycles. The fraction of sp³-hybridized carbons (Fsp3) is 0.400. The third-order valence-electron chi connectivity index (χ3n) is 4.12. The minimum absolute atomic E-state index is 0.00269. The zero-order valence-corrected chi connectivity index (χ0v) is 11.1. The SMILES string of the molecule is O=C(c1c[nH]c2cccc([N+](=O)[O-])c12)C1CCCCC1. The normalized spacial score (nSPS) is 16.4. The molecule has 1 aromatic heterocycles. The Morgan fingerprint density at radius 3 is 2.70 bits per heavy atom. The van der Waals surface area contributed by atoms with E-state index in [0.717, 1.165) is 25.7 Å². The molecule has 20 heavy (non-hydrogen) atoms. The lowest BCUT2D eigenvalue weighted by Crippen LogP contribution is -2.17. The molecule has 1 aromatic carbocycles. The first-order valence-electron chi connectivity index (χ1n) is 6.97. The topological polar surface area (TPSA) is 76.0 Å². The number of H-pyrrole nitrogens is 1. The van der Waals surface area contributed by atoms with E-state index in [2.05, 4.69) is 4.98 Å². The van der Waals surface area contributed by atoms with Crippen molar-refractivity contribution >= 4 is 22.4 Å². The summed E-state index contributed by atoms with van der Waals surface area (Å²) in [6.45, 7) is 0. The number of nitrogens with one attached hydrogen (secondary N) is 1. The predicted octanol–water partition coefficient (Wildman–Crippen LogP) is 3.84. The second-order valence-corrected chi connectivity index (χ2v) is 5.36. The minimum atomic E-state index is -0.423. The van der Waals surface area contributed by atoms with Crippen molar-refractivity contribution in [2.45, 2.75) is 32.1 Å². The number of Topliss-reactive ketones (excluding diaryl/α,β-unsaturated/α-hetero) is 1. The molecule has 0 saturated heterocycles. The van der Waals surface area contributed by atoms with Gasteiger partial charge < -0.3 is 4.98 Å². The zero-order valence-electron chi connectivity index (χ0n) is 11.1. The van der Waals surface area contributed by atoms with Crippen LogP contribution < -0.4 is 0 Å². The molecule has 104 valence electrons.